The number of allylic oxidation sites excluding steroid dienone is 30. The lowest BCUT2D eigenvalue weighted by Gasteiger charge is -2.18. The van der Waals surface area contributed by atoms with E-state index in [0.717, 1.165) is 167 Å². The van der Waals surface area contributed by atoms with Gasteiger partial charge in [0.2, 0.25) is 0 Å². The SMILES string of the molecule is CC/C=C\C/C=C\C/C=C\C/C=C\C/C=C\C/C=C\C/C=C\C/C=C\C/C=C\C/C=C\CCCCC(=O)OCC(COC(=O)CCCCCCC)OC(=O)CCCCCCCCCCC/C=C\C/C=C\C/C=C\C/C=C\C/C=C\CC. The van der Waals surface area contributed by atoms with Crippen LogP contribution in [0.4, 0.5) is 0 Å². The maximum atomic E-state index is 12.8. The molecule has 1 atom stereocenters. The number of unbranched alkanes of at least 4 members (excludes halogenated alkanes) is 15. The number of esters is 3. The fraction of sp³-hybridized carbons (Fsp3) is 0.560. The van der Waals surface area contributed by atoms with Gasteiger partial charge in [-0.2, -0.15) is 0 Å². The van der Waals surface area contributed by atoms with Crippen molar-refractivity contribution in [2.75, 3.05) is 13.2 Å². The Hall–Kier alpha value is -5.49. The summed E-state index contributed by atoms with van der Waals surface area (Å²) in [6.45, 7) is 6.27. The molecule has 0 aliphatic carbocycles. The highest BCUT2D eigenvalue weighted by Gasteiger charge is 2.19. The number of rotatable bonds is 56. The van der Waals surface area contributed by atoms with Gasteiger partial charge in [0.05, 0.1) is 0 Å². The second-order valence-electron chi connectivity index (χ2n) is 20.6. The highest BCUT2D eigenvalue weighted by atomic mass is 16.6. The molecule has 0 heterocycles. The molecule has 0 aliphatic rings. The molecule has 0 amide bonds. The molecule has 0 saturated heterocycles. The van der Waals surface area contributed by atoms with Crippen molar-refractivity contribution in [1.82, 2.24) is 0 Å². The van der Waals surface area contributed by atoms with Crippen molar-refractivity contribution >= 4 is 17.9 Å². The molecule has 452 valence electrons. The van der Waals surface area contributed by atoms with Crippen LogP contribution in [0.15, 0.2) is 182 Å². The van der Waals surface area contributed by atoms with Gasteiger partial charge in [0.15, 0.2) is 6.10 Å². The standard InChI is InChI=1S/C75H116O6/c1-4-7-10-13-15-17-19-21-23-25-27-29-31-33-34-35-36-37-38-39-40-42-43-45-47-49-51-53-55-57-59-62-65-68-74(77)80-71-72(70-79-73(76)67-64-61-12-9-6-3)81-75(78)69-66-63-60-58-56-54-52-50-48-46-44-41-32-30-28-26-24-22-20-18-16-14-11-8-5-2/h7-8,10-11,15-18,21-24,27-30,33-34,36-37,39-41,43-45,49,51,55,57,72H,4-6,9,12-14,19-20,25-26,31-32,35,38,42,46-48,50,52-54,56,58-71H2,1-3H3/b10-7-,11-8-,17-15-,18-16-,23-21-,24-22-,29-27-,30-28-,34-33-,37-36-,40-39-,44-41-,45-43-,51-49-,57-55-. The van der Waals surface area contributed by atoms with Gasteiger partial charge in [-0.3, -0.25) is 14.4 Å². The van der Waals surface area contributed by atoms with Crippen LogP contribution in [0.2, 0.25) is 0 Å². The average Bonchev–Trinajstić information content (AvgIpc) is 3.47. The van der Waals surface area contributed by atoms with Gasteiger partial charge in [-0.25, -0.2) is 0 Å². The van der Waals surface area contributed by atoms with Crippen LogP contribution in [0.1, 0.15) is 252 Å². The van der Waals surface area contributed by atoms with E-state index in [4.69, 9.17) is 14.2 Å². The Balaban J connectivity index is 4.20. The first-order valence-corrected chi connectivity index (χ1v) is 32.3. The van der Waals surface area contributed by atoms with E-state index in [1.807, 2.05) is 0 Å². The molecule has 0 aromatic rings. The van der Waals surface area contributed by atoms with Gasteiger partial charge in [0.1, 0.15) is 13.2 Å². The lowest BCUT2D eigenvalue weighted by atomic mass is 10.1. The summed E-state index contributed by atoms with van der Waals surface area (Å²) in [7, 11) is 0. The highest BCUT2D eigenvalue weighted by molar-refractivity contribution is 5.71. The highest BCUT2D eigenvalue weighted by Crippen LogP contribution is 2.14. The van der Waals surface area contributed by atoms with Crippen molar-refractivity contribution in [3.05, 3.63) is 182 Å². The molecular weight excluding hydrogens is 997 g/mol. The van der Waals surface area contributed by atoms with Gasteiger partial charge >= 0.3 is 17.9 Å². The van der Waals surface area contributed by atoms with Gasteiger partial charge < -0.3 is 14.2 Å². The van der Waals surface area contributed by atoms with E-state index in [1.54, 1.807) is 0 Å². The fourth-order valence-corrected chi connectivity index (χ4v) is 8.14. The Morgan fingerprint density at radius 1 is 0.259 bits per heavy atom. The van der Waals surface area contributed by atoms with Gasteiger partial charge in [0.25, 0.3) is 0 Å². The van der Waals surface area contributed by atoms with E-state index >= 15 is 0 Å². The maximum Gasteiger partial charge on any atom is 0.306 e. The maximum absolute atomic E-state index is 12.8. The van der Waals surface area contributed by atoms with E-state index in [0.29, 0.717) is 25.7 Å². The summed E-state index contributed by atoms with van der Waals surface area (Å²) in [6.07, 6.45) is 101. The number of hydrogen-bond acceptors (Lipinski definition) is 6. The minimum atomic E-state index is -0.806. The van der Waals surface area contributed by atoms with Crippen LogP contribution in [0.25, 0.3) is 0 Å². The van der Waals surface area contributed by atoms with Crippen LogP contribution in [-0.4, -0.2) is 37.2 Å². The van der Waals surface area contributed by atoms with Crippen molar-refractivity contribution in [2.24, 2.45) is 0 Å². The lowest BCUT2D eigenvalue weighted by Crippen LogP contribution is -2.30. The molecule has 1 unspecified atom stereocenters. The zero-order chi connectivity index (χ0) is 58.5. The lowest BCUT2D eigenvalue weighted by molar-refractivity contribution is -0.167. The Kier molecular flexibility index (Phi) is 62.5. The number of ether oxygens (including phenoxy) is 3. The van der Waals surface area contributed by atoms with Crippen molar-refractivity contribution in [2.45, 2.75) is 258 Å². The zero-order valence-electron chi connectivity index (χ0n) is 51.7. The summed E-state index contributed by atoms with van der Waals surface area (Å²) in [5, 5.41) is 0. The molecule has 0 bridgehead atoms. The molecule has 81 heavy (non-hydrogen) atoms. The van der Waals surface area contributed by atoms with E-state index in [9.17, 15) is 14.4 Å². The van der Waals surface area contributed by atoms with Gasteiger partial charge in [-0.1, -0.05) is 274 Å². The molecule has 0 aromatic heterocycles. The van der Waals surface area contributed by atoms with Crippen LogP contribution < -0.4 is 0 Å². The van der Waals surface area contributed by atoms with E-state index in [-0.39, 0.29) is 31.1 Å². The first kappa shape index (κ1) is 75.5. The van der Waals surface area contributed by atoms with Crippen LogP contribution >= 0.6 is 0 Å². The van der Waals surface area contributed by atoms with Crippen molar-refractivity contribution in [3.8, 4) is 0 Å². The molecule has 6 heteroatoms. The van der Waals surface area contributed by atoms with E-state index in [1.165, 1.54) is 38.5 Å². The summed E-state index contributed by atoms with van der Waals surface area (Å²) < 4.78 is 16.7. The fourth-order valence-electron chi connectivity index (χ4n) is 8.14. The Morgan fingerprint density at radius 3 is 0.778 bits per heavy atom. The third-order valence-electron chi connectivity index (χ3n) is 12.9. The van der Waals surface area contributed by atoms with E-state index < -0.39 is 6.10 Å². The molecule has 0 rings (SSSR count). The topological polar surface area (TPSA) is 78.9 Å². The van der Waals surface area contributed by atoms with Gasteiger partial charge in [0, 0.05) is 19.3 Å². The second-order valence-corrected chi connectivity index (χ2v) is 20.6. The quantitative estimate of drug-likeness (QED) is 0.0261. The molecule has 0 aromatic carbocycles. The normalized spacial score (nSPS) is 13.4. The Morgan fingerprint density at radius 2 is 0.481 bits per heavy atom. The van der Waals surface area contributed by atoms with Gasteiger partial charge in [-0.05, 0) is 141 Å². The number of hydrogen-bond donors (Lipinski definition) is 0. The zero-order valence-corrected chi connectivity index (χ0v) is 51.7. The van der Waals surface area contributed by atoms with Gasteiger partial charge in [-0.15, -0.1) is 0 Å². The Labute approximate surface area is 497 Å². The average molecular weight is 1110 g/mol. The summed E-state index contributed by atoms with van der Waals surface area (Å²) in [5.74, 6) is -0.977. The first-order chi connectivity index (χ1) is 40.0. The first-order valence-electron chi connectivity index (χ1n) is 32.3. The number of carbonyl (C=O) groups is 3. The van der Waals surface area contributed by atoms with Crippen LogP contribution in [0.3, 0.4) is 0 Å². The summed E-state index contributed by atoms with van der Waals surface area (Å²) in [4.78, 5) is 37.9. The smallest absolute Gasteiger partial charge is 0.306 e. The van der Waals surface area contributed by atoms with Crippen molar-refractivity contribution in [3.63, 3.8) is 0 Å². The predicted molar refractivity (Wildman–Crippen MR) is 352 cm³/mol. The molecule has 0 saturated carbocycles. The largest absolute Gasteiger partial charge is 0.462 e. The molecule has 0 radical (unpaired) electrons. The molecule has 6 nitrogen and oxygen atoms in total. The molecule has 0 aliphatic heterocycles. The molecule has 0 N–H and O–H groups in total. The van der Waals surface area contributed by atoms with Crippen LogP contribution in [0.5, 0.6) is 0 Å². The summed E-state index contributed by atoms with van der Waals surface area (Å²) in [5.41, 5.74) is 0. The van der Waals surface area contributed by atoms with Crippen molar-refractivity contribution < 1.29 is 28.6 Å². The van der Waals surface area contributed by atoms with E-state index in [2.05, 4.69) is 203 Å². The third kappa shape index (κ3) is 65.2. The molecular formula is C75H116O6. The summed E-state index contributed by atoms with van der Waals surface area (Å²) >= 11 is 0. The van der Waals surface area contributed by atoms with Crippen LogP contribution in [-0.2, 0) is 28.6 Å². The second kappa shape index (κ2) is 67.0. The van der Waals surface area contributed by atoms with Crippen LogP contribution in [0, 0.1) is 0 Å². The summed E-state index contributed by atoms with van der Waals surface area (Å²) in [6, 6.07) is 0. The monoisotopic (exact) mass is 1110 g/mol. The third-order valence-corrected chi connectivity index (χ3v) is 12.9. The number of carbonyl (C=O) groups excluding carboxylic acids is 3. The molecule has 0 spiro atoms. The van der Waals surface area contributed by atoms with Crippen molar-refractivity contribution in [1.29, 1.82) is 0 Å². The minimum Gasteiger partial charge on any atom is -0.462 e. The predicted octanol–water partition coefficient (Wildman–Crippen LogP) is 22.4. The minimum absolute atomic E-state index is 0.103. The molecule has 0 fully saturated rings. The Bertz CT molecular complexity index is 1900.